The van der Waals surface area contributed by atoms with Gasteiger partial charge in [-0.2, -0.15) is 12.6 Å². The maximum Gasteiger partial charge on any atom is 0.327 e. The number of thiol groups is 1. The van der Waals surface area contributed by atoms with Crippen LogP contribution >= 0.6 is 12.6 Å². The quantitative estimate of drug-likeness (QED) is 0.149. The molecular weight excluding hydrogens is 382 g/mol. The molecule has 0 aromatic rings. The maximum atomic E-state index is 12.1. The van der Waals surface area contributed by atoms with Gasteiger partial charge in [0, 0.05) is 12.2 Å². The molecule has 0 saturated carbocycles. The van der Waals surface area contributed by atoms with Crippen molar-refractivity contribution in [2.75, 3.05) is 12.3 Å². The normalized spacial score (nSPS) is 15.0. The van der Waals surface area contributed by atoms with E-state index in [1.165, 1.54) is 6.92 Å². The summed E-state index contributed by atoms with van der Waals surface area (Å²) < 4.78 is 0. The molecule has 154 valence electrons. The number of hydrogen-bond donors (Lipinski definition) is 8. The number of carbonyl (C=O) groups is 5. The Labute approximate surface area is 160 Å². The molecule has 0 fully saturated rings. The van der Waals surface area contributed by atoms with Crippen LogP contribution in [0.25, 0.3) is 0 Å². The Bertz CT molecular complexity index is 572. The van der Waals surface area contributed by atoms with E-state index in [1.54, 1.807) is 0 Å². The average molecular weight is 407 g/mol. The van der Waals surface area contributed by atoms with E-state index in [9.17, 15) is 29.1 Å². The first-order valence-electron chi connectivity index (χ1n) is 7.92. The van der Waals surface area contributed by atoms with Gasteiger partial charge in [-0.1, -0.05) is 0 Å². The number of aliphatic hydroxyl groups is 1. The predicted octanol–water partition coefficient (Wildman–Crippen LogP) is -3.94. The van der Waals surface area contributed by atoms with Crippen molar-refractivity contribution in [1.82, 2.24) is 16.0 Å². The van der Waals surface area contributed by atoms with Crippen LogP contribution in [0.4, 0.5) is 0 Å². The summed E-state index contributed by atoms with van der Waals surface area (Å²) in [5.74, 6) is -4.59. The number of carbonyl (C=O) groups excluding carboxylic acids is 4. The van der Waals surface area contributed by atoms with Gasteiger partial charge in [0.05, 0.1) is 18.7 Å². The first kappa shape index (κ1) is 24.6. The summed E-state index contributed by atoms with van der Waals surface area (Å²) >= 11 is 3.79. The lowest BCUT2D eigenvalue weighted by atomic mass is 10.1. The molecule has 4 amide bonds. The number of nitrogens with one attached hydrogen (secondary N) is 3. The molecular formula is C14H25N5O7S. The minimum Gasteiger partial charge on any atom is -0.480 e. The summed E-state index contributed by atoms with van der Waals surface area (Å²) in [5.41, 5.74) is 10.5. The second kappa shape index (κ2) is 12.1. The fraction of sp³-hybridized carbons (Fsp3) is 0.643. The number of aliphatic hydroxyl groups excluding tert-OH is 1. The summed E-state index contributed by atoms with van der Waals surface area (Å²) in [6.45, 7) is 0.674. The van der Waals surface area contributed by atoms with Gasteiger partial charge in [-0.05, 0) is 13.3 Å². The molecule has 0 radical (unpaired) electrons. The highest BCUT2D eigenvalue weighted by molar-refractivity contribution is 7.80. The van der Waals surface area contributed by atoms with Gasteiger partial charge >= 0.3 is 5.97 Å². The fourth-order valence-electron chi connectivity index (χ4n) is 1.80. The van der Waals surface area contributed by atoms with Crippen LogP contribution in [0.15, 0.2) is 0 Å². The largest absolute Gasteiger partial charge is 0.480 e. The van der Waals surface area contributed by atoms with E-state index in [-0.39, 0.29) is 18.6 Å². The number of amides is 4. The van der Waals surface area contributed by atoms with Crippen LogP contribution in [0.2, 0.25) is 0 Å². The number of nitrogens with two attached hydrogens (primary N) is 2. The van der Waals surface area contributed by atoms with Crippen LogP contribution in [-0.4, -0.2) is 76.3 Å². The summed E-state index contributed by atoms with van der Waals surface area (Å²) in [6.07, 6.45) is -1.43. The van der Waals surface area contributed by atoms with Crippen molar-refractivity contribution in [2.24, 2.45) is 11.5 Å². The van der Waals surface area contributed by atoms with Crippen molar-refractivity contribution < 1.29 is 34.2 Å². The number of hydrogen-bond acceptors (Lipinski definition) is 8. The summed E-state index contributed by atoms with van der Waals surface area (Å²) in [4.78, 5) is 57.2. The van der Waals surface area contributed by atoms with E-state index >= 15 is 0 Å². The molecule has 0 aromatic carbocycles. The van der Waals surface area contributed by atoms with E-state index in [2.05, 4.69) is 28.6 Å². The monoisotopic (exact) mass is 407 g/mol. The highest BCUT2D eigenvalue weighted by Crippen LogP contribution is 1.97. The van der Waals surface area contributed by atoms with Crippen LogP contribution in [0, 0.1) is 0 Å². The van der Waals surface area contributed by atoms with Crippen molar-refractivity contribution in [3.05, 3.63) is 0 Å². The molecule has 0 aromatic heterocycles. The standard InChI is InChI=1S/C14H25N5O7S/c1-6(20)11(13(24)18-8(5-27)14(25)26)19-10(22)4-17-12(23)7(15)2-3-9(16)21/h6-8,11,20,27H,2-5,15H2,1H3,(H2,16,21)(H,17,23)(H,18,24)(H,19,22)(H,25,26). The highest BCUT2D eigenvalue weighted by atomic mass is 32.1. The fourth-order valence-corrected chi connectivity index (χ4v) is 2.05. The summed E-state index contributed by atoms with van der Waals surface area (Å²) in [5, 5.41) is 25.1. The second-order valence-electron chi connectivity index (χ2n) is 5.70. The van der Waals surface area contributed by atoms with Crippen LogP contribution in [0.5, 0.6) is 0 Å². The first-order chi connectivity index (χ1) is 12.5. The number of aliphatic carboxylic acids is 1. The van der Waals surface area contributed by atoms with Crippen molar-refractivity contribution in [3.63, 3.8) is 0 Å². The van der Waals surface area contributed by atoms with Crippen molar-refractivity contribution in [2.45, 2.75) is 44.0 Å². The minimum absolute atomic E-state index is 0.00178. The third-order valence-corrected chi connectivity index (χ3v) is 3.71. The van der Waals surface area contributed by atoms with Gasteiger partial charge in [0.1, 0.15) is 12.1 Å². The third-order valence-electron chi connectivity index (χ3n) is 3.34. The smallest absolute Gasteiger partial charge is 0.327 e. The molecule has 0 aliphatic rings. The molecule has 0 aliphatic carbocycles. The summed E-state index contributed by atoms with van der Waals surface area (Å²) in [6, 6.07) is -3.80. The minimum atomic E-state index is -1.44. The molecule has 27 heavy (non-hydrogen) atoms. The average Bonchev–Trinajstić information content (AvgIpc) is 2.58. The molecule has 12 nitrogen and oxygen atoms in total. The maximum absolute atomic E-state index is 12.1. The molecule has 4 atom stereocenters. The van der Waals surface area contributed by atoms with Gasteiger partial charge in [0.25, 0.3) is 0 Å². The van der Waals surface area contributed by atoms with Crippen LogP contribution in [0.3, 0.4) is 0 Å². The van der Waals surface area contributed by atoms with Gasteiger partial charge in [-0.25, -0.2) is 4.79 Å². The Kier molecular flexibility index (Phi) is 11.0. The van der Waals surface area contributed by atoms with Gasteiger partial charge in [0.2, 0.25) is 23.6 Å². The van der Waals surface area contributed by atoms with Gasteiger partial charge < -0.3 is 37.6 Å². The van der Waals surface area contributed by atoms with E-state index in [0.717, 1.165) is 0 Å². The number of rotatable bonds is 12. The Morgan fingerprint density at radius 3 is 2.15 bits per heavy atom. The van der Waals surface area contributed by atoms with Crippen molar-refractivity contribution in [1.29, 1.82) is 0 Å². The molecule has 4 unspecified atom stereocenters. The zero-order valence-corrected chi connectivity index (χ0v) is 15.6. The van der Waals surface area contributed by atoms with Crippen molar-refractivity contribution >= 4 is 42.2 Å². The molecule has 0 heterocycles. The molecule has 0 bridgehead atoms. The van der Waals surface area contributed by atoms with E-state index < -0.39 is 60.4 Å². The Balaban J connectivity index is 4.63. The molecule has 9 N–H and O–H groups in total. The lowest BCUT2D eigenvalue weighted by molar-refractivity contribution is -0.142. The molecule has 0 rings (SSSR count). The zero-order valence-electron chi connectivity index (χ0n) is 14.7. The SMILES string of the molecule is CC(O)C(NC(=O)CNC(=O)C(N)CCC(N)=O)C(=O)NC(CS)C(=O)O. The molecule has 0 saturated heterocycles. The summed E-state index contributed by atoms with van der Waals surface area (Å²) in [7, 11) is 0. The van der Waals surface area contributed by atoms with E-state index in [4.69, 9.17) is 16.6 Å². The van der Waals surface area contributed by atoms with E-state index in [1.807, 2.05) is 0 Å². The van der Waals surface area contributed by atoms with Crippen LogP contribution in [0.1, 0.15) is 19.8 Å². The topological polar surface area (TPSA) is 214 Å². The number of carboxylic acids is 1. The Hall–Kier alpha value is -2.38. The zero-order chi connectivity index (χ0) is 21.1. The number of primary amides is 1. The van der Waals surface area contributed by atoms with Crippen LogP contribution < -0.4 is 27.4 Å². The molecule has 13 heteroatoms. The molecule has 0 spiro atoms. The predicted molar refractivity (Wildman–Crippen MR) is 96.4 cm³/mol. The Morgan fingerprint density at radius 2 is 1.70 bits per heavy atom. The second-order valence-corrected chi connectivity index (χ2v) is 6.06. The van der Waals surface area contributed by atoms with Crippen molar-refractivity contribution in [3.8, 4) is 0 Å². The first-order valence-corrected chi connectivity index (χ1v) is 8.55. The van der Waals surface area contributed by atoms with Gasteiger partial charge in [-0.15, -0.1) is 0 Å². The van der Waals surface area contributed by atoms with Gasteiger partial charge in [0.15, 0.2) is 0 Å². The Morgan fingerprint density at radius 1 is 1.11 bits per heavy atom. The van der Waals surface area contributed by atoms with Crippen LogP contribution in [-0.2, 0) is 24.0 Å². The lowest BCUT2D eigenvalue weighted by Gasteiger charge is -2.23. The molecule has 0 aliphatic heterocycles. The van der Waals surface area contributed by atoms with E-state index in [0.29, 0.717) is 0 Å². The lowest BCUT2D eigenvalue weighted by Crippen LogP contribution is -2.57. The van der Waals surface area contributed by atoms with Gasteiger partial charge in [-0.3, -0.25) is 19.2 Å². The third kappa shape index (κ3) is 9.77. The number of carboxylic acid groups (broad SMARTS) is 1. The highest BCUT2D eigenvalue weighted by Gasteiger charge is 2.29.